The van der Waals surface area contributed by atoms with Crippen molar-refractivity contribution in [3.63, 3.8) is 0 Å². The number of furan rings is 1. The normalized spacial score (nSPS) is 14.4. The fourth-order valence-corrected chi connectivity index (χ4v) is 3.75. The molecule has 0 saturated carbocycles. The second-order valence-electron chi connectivity index (χ2n) is 7.86. The van der Waals surface area contributed by atoms with Gasteiger partial charge < -0.3 is 24.4 Å². The summed E-state index contributed by atoms with van der Waals surface area (Å²) in [6, 6.07) is 11.2. The molecule has 4 rings (SSSR count). The van der Waals surface area contributed by atoms with Gasteiger partial charge in [-0.25, -0.2) is 0 Å². The van der Waals surface area contributed by atoms with E-state index in [0.717, 1.165) is 0 Å². The van der Waals surface area contributed by atoms with E-state index >= 15 is 0 Å². The maximum atomic E-state index is 12.8. The molecule has 2 aromatic heterocycles. The minimum atomic E-state index is -4.55. The van der Waals surface area contributed by atoms with E-state index in [1.54, 1.807) is 18.2 Å². The Labute approximate surface area is 197 Å². The van der Waals surface area contributed by atoms with Crippen LogP contribution < -0.4 is 15.5 Å². The van der Waals surface area contributed by atoms with E-state index in [1.165, 1.54) is 24.5 Å². The molecule has 0 aliphatic carbocycles. The minimum absolute atomic E-state index is 0.0617. The number of oxazole rings is 1. The smallest absolute Gasteiger partial charge is 0.405 e. The Morgan fingerprint density at radius 3 is 2.57 bits per heavy atom. The van der Waals surface area contributed by atoms with Crippen LogP contribution in [0.15, 0.2) is 51.5 Å². The van der Waals surface area contributed by atoms with Gasteiger partial charge in [0.05, 0.1) is 17.5 Å². The molecule has 0 spiro atoms. The van der Waals surface area contributed by atoms with Crippen molar-refractivity contribution < 1.29 is 31.6 Å². The van der Waals surface area contributed by atoms with E-state index in [1.807, 2.05) is 16.3 Å². The highest BCUT2D eigenvalue weighted by atomic mass is 19.4. The number of hydrogen-bond donors (Lipinski definition) is 2. The lowest BCUT2D eigenvalue weighted by molar-refractivity contribution is -0.123. The van der Waals surface area contributed by atoms with Crippen molar-refractivity contribution in [1.82, 2.24) is 10.3 Å². The summed E-state index contributed by atoms with van der Waals surface area (Å²) in [5.41, 5.74) is 0.177. The summed E-state index contributed by atoms with van der Waals surface area (Å²) < 4.78 is 48.3. The summed E-state index contributed by atoms with van der Waals surface area (Å²) >= 11 is 0. The number of nitrogens with zero attached hydrogens (tertiary/aromatic N) is 3. The van der Waals surface area contributed by atoms with E-state index in [0.29, 0.717) is 37.6 Å². The summed E-state index contributed by atoms with van der Waals surface area (Å²) in [5.74, 6) is -0.827. The van der Waals surface area contributed by atoms with Crippen LogP contribution in [0.4, 0.5) is 24.7 Å². The predicted molar refractivity (Wildman–Crippen MR) is 117 cm³/mol. The van der Waals surface area contributed by atoms with Crippen molar-refractivity contribution in [2.75, 3.05) is 29.9 Å². The number of anilines is 2. The number of halogens is 3. The van der Waals surface area contributed by atoms with Gasteiger partial charge in [0, 0.05) is 19.0 Å². The van der Waals surface area contributed by atoms with Gasteiger partial charge in [-0.2, -0.15) is 23.4 Å². The first kappa shape index (κ1) is 23.9. The first-order chi connectivity index (χ1) is 16.7. The average Bonchev–Trinajstić information content (AvgIpc) is 3.52. The summed E-state index contributed by atoms with van der Waals surface area (Å²) in [6.45, 7) is -0.652. The molecule has 0 radical (unpaired) electrons. The molecule has 35 heavy (non-hydrogen) atoms. The topological polar surface area (TPSA) is 124 Å². The van der Waals surface area contributed by atoms with Gasteiger partial charge in [-0.3, -0.25) is 9.59 Å². The molecular weight excluding hydrogens is 467 g/mol. The summed E-state index contributed by atoms with van der Waals surface area (Å²) in [7, 11) is 0. The third kappa shape index (κ3) is 5.63. The molecule has 2 amide bonds. The number of aromatic nitrogens is 1. The molecule has 1 fully saturated rings. The zero-order valence-corrected chi connectivity index (χ0v) is 18.3. The Morgan fingerprint density at radius 2 is 1.91 bits per heavy atom. The molecule has 0 atom stereocenters. The third-order valence-corrected chi connectivity index (χ3v) is 5.48. The number of hydrogen-bond acceptors (Lipinski definition) is 7. The number of para-hydroxylation sites is 1. The monoisotopic (exact) mass is 487 g/mol. The fourth-order valence-electron chi connectivity index (χ4n) is 3.75. The largest absolute Gasteiger partial charge is 0.459 e. The summed E-state index contributed by atoms with van der Waals surface area (Å²) in [4.78, 5) is 31.0. The highest BCUT2D eigenvalue weighted by Crippen LogP contribution is 2.31. The first-order valence-corrected chi connectivity index (χ1v) is 10.7. The Hall–Kier alpha value is -4.27. The van der Waals surface area contributed by atoms with Crippen molar-refractivity contribution >= 4 is 23.4 Å². The molecule has 3 aromatic rings. The first-order valence-electron chi connectivity index (χ1n) is 10.7. The molecule has 1 aliphatic rings. The van der Waals surface area contributed by atoms with Crippen molar-refractivity contribution in [3.8, 4) is 17.7 Å². The number of nitriles is 1. The number of benzene rings is 1. The maximum absolute atomic E-state index is 12.8. The van der Waals surface area contributed by atoms with Crippen LogP contribution in [0.1, 0.15) is 28.9 Å². The number of rotatable bonds is 6. The van der Waals surface area contributed by atoms with Gasteiger partial charge in [0.1, 0.15) is 12.6 Å². The van der Waals surface area contributed by atoms with Crippen LogP contribution in [0.25, 0.3) is 11.7 Å². The highest BCUT2D eigenvalue weighted by molar-refractivity contribution is 6.04. The minimum Gasteiger partial charge on any atom is -0.459 e. The quantitative estimate of drug-likeness (QED) is 0.539. The zero-order valence-electron chi connectivity index (χ0n) is 18.3. The van der Waals surface area contributed by atoms with E-state index in [-0.39, 0.29) is 28.7 Å². The number of carbonyl (C=O) groups excluding carboxylic acids is 2. The average molecular weight is 487 g/mol. The van der Waals surface area contributed by atoms with Crippen LogP contribution in [-0.4, -0.2) is 42.6 Å². The zero-order chi connectivity index (χ0) is 25.0. The van der Waals surface area contributed by atoms with Crippen LogP contribution in [0.5, 0.6) is 0 Å². The van der Waals surface area contributed by atoms with Crippen molar-refractivity contribution in [3.05, 3.63) is 53.9 Å². The maximum Gasteiger partial charge on any atom is 0.405 e. The Bertz CT molecular complexity index is 1240. The Balaban J connectivity index is 1.39. The molecule has 182 valence electrons. The Morgan fingerprint density at radius 1 is 1.17 bits per heavy atom. The van der Waals surface area contributed by atoms with Crippen molar-refractivity contribution in [2.45, 2.75) is 19.0 Å². The molecule has 1 saturated heterocycles. The van der Waals surface area contributed by atoms with Gasteiger partial charge in [-0.1, -0.05) is 12.1 Å². The van der Waals surface area contributed by atoms with Crippen LogP contribution >= 0.6 is 0 Å². The lowest BCUT2D eigenvalue weighted by Gasteiger charge is -2.31. The third-order valence-electron chi connectivity index (χ3n) is 5.48. The summed E-state index contributed by atoms with van der Waals surface area (Å²) in [5, 5.41) is 13.9. The molecule has 0 bridgehead atoms. The van der Waals surface area contributed by atoms with E-state index < -0.39 is 24.5 Å². The van der Waals surface area contributed by atoms with Gasteiger partial charge in [0.2, 0.25) is 17.5 Å². The van der Waals surface area contributed by atoms with Gasteiger partial charge in [0.25, 0.3) is 11.8 Å². The van der Waals surface area contributed by atoms with E-state index in [2.05, 4.69) is 10.3 Å². The lowest BCUT2D eigenvalue weighted by atomic mass is 9.95. The fraction of sp³-hybridized carbons (Fsp3) is 0.304. The van der Waals surface area contributed by atoms with Gasteiger partial charge in [-0.15, -0.1) is 0 Å². The molecule has 0 unspecified atom stereocenters. The van der Waals surface area contributed by atoms with Crippen LogP contribution in [-0.2, 0) is 4.79 Å². The second kappa shape index (κ2) is 9.92. The van der Waals surface area contributed by atoms with Gasteiger partial charge in [0.15, 0.2) is 5.76 Å². The van der Waals surface area contributed by atoms with Crippen molar-refractivity contribution in [2.24, 2.45) is 5.92 Å². The molecular formula is C23H20F3N5O4. The van der Waals surface area contributed by atoms with Gasteiger partial charge in [-0.05, 0) is 37.1 Å². The van der Waals surface area contributed by atoms with E-state index in [9.17, 15) is 28.0 Å². The number of alkyl halides is 3. The van der Waals surface area contributed by atoms with Crippen LogP contribution in [0, 0.1) is 17.2 Å². The number of piperidine rings is 1. The van der Waals surface area contributed by atoms with Crippen molar-refractivity contribution in [1.29, 1.82) is 5.26 Å². The SMILES string of the molecule is N#Cc1nc(-c2ccco2)oc1N1CCC(C(=O)Nc2ccccc2C(=O)NCC(F)(F)F)CC1. The van der Waals surface area contributed by atoms with Crippen LogP contribution in [0.2, 0.25) is 0 Å². The molecule has 1 aromatic carbocycles. The predicted octanol–water partition coefficient (Wildman–Crippen LogP) is 3.95. The molecule has 1 aliphatic heterocycles. The standard InChI is InChI=1S/C23H20F3N5O4/c24-23(25,26)13-28-20(33)15-4-1-2-5-16(15)29-19(32)14-7-9-31(10-8-14)22-17(12-27)30-21(35-22)18-6-3-11-34-18/h1-6,11,14H,7-10,13H2,(H,28,33)(H,29,32). The lowest BCUT2D eigenvalue weighted by Crippen LogP contribution is -2.38. The molecule has 3 heterocycles. The molecule has 12 heteroatoms. The highest BCUT2D eigenvalue weighted by Gasteiger charge is 2.31. The molecule has 2 N–H and O–H groups in total. The second-order valence-corrected chi connectivity index (χ2v) is 7.86. The van der Waals surface area contributed by atoms with Crippen LogP contribution in [0.3, 0.4) is 0 Å². The van der Waals surface area contributed by atoms with Gasteiger partial charge >= 0.3 is 6.18 Å². The number of carbonyl (C=O) groups is 2. The Kier molecular flexibility index (Phi) is 6.77. The number of nitrogens with one attached hydrogen (secondary N) is 2. The molecule has 9 nitrogen and oxygen atoms in total. The number of amides is 2. The van der Waals surface area contributed by atoms with E-state index in [4.69, 9.17) is 8.83 Å². The summed E-state index contributed by atoms with van der Waals surface area (Å²) in [6.07, 6.45) is -2.23.